The molecule has 2 saturated heterocycles. The van der Waals surface area contributed by atoms with Crippen molar-refractivity contribution in [2.24, 2.45) is 0 Å². The highest BCUT2D eigenvalue weighted by Crippen LogP contribution is 2.23. The van der Waals surface area contributed by atoms with E-state index in [0.717, 1.165) is 0 Å². The molecule has 1 aromatic rings. The van der Waals surface area contributed by atoms with Gasteiger partial charge in [-0.15, -0.1) is 0 Å². The Morgan fingerprint density at radius 1 is 1.22 bits per heavy atom. The number of sulfone groups is 1. The number of hydrogen-bond acceptors (Lipinski definition) is 4. The highest BCUT2D eigenvalue weighted by atomic mass is 35.5. The molecule has 1 aromatic carbocycles. The summed E-state index contributed by atoms with van der Waals surface area (Å²) in [5.41, 5.74) is -0.0916. The standard InChI is InChI=1S/C15H18ClFN2O3S/c16-12-2-1-3-13(17)14(12)15(20)19-7-5-18(6-8-19)11-4-9-23(21,22)10-11/h1-3,11H,4-10H2. The Labute approximate surface area is 139 Å². The molecule has 1 unspecified atom stereocenters. The third-order valence-corrected chi connectivity index (χ3v) is 6.57. The number of halogens is 2. The molecule has 5 nitrogen and oxygen atoms in total. The smallest absolute Gasteiger partial charge is 0.258 e. The number of hydrogen-bond donors (Lipinski definition) is 0. The maximum absolute atomic E-state index is 13.9. The second kappa shape index (κ2) is 6.37. The molecule has 2 fully saturated rings. The van der Waals surface area contributed by atoms with E-state index in [-0.39, 0.29) is 28.1 Å². The number of amides is 1. The lowest BCUT2D eigenvalue weighted by molar-refractivity contribution is 0.0583. The predicted molar refractivity (Wildman–Crippen MR) is 85.9 cm³/mol. The van der Waals surface area contributed by atoms with E-state index >= 15 is 0 Å². The fraction of sp³-hybridized carbons (Fsp3) is 0.533. The first-order valence-electron chi connectivity index (χ1n) is 7.55. The number of carbonyl (C=O) groups excluding carboxylic acids is 1. The summed E-state index contributed by atoms with van der Waals surface area (Å²) in [6.07, 6.45) is 0.648. The predicted octanol–water partition coefficient (Wildman–Crippen LogP) is 1.42. The van der Waals surface area contributed by atoms with Gasteiger partial charge in [0.15, 0.2) is 9.84 Å². The van der Waals surface area contributed by atoms with Crippen LogP contribution >= 0.6 is 11.6 Å². The van der Waals surface area contributed by atoms with Gasteiger partial charge in [0.25, 0.3) is 5.91 Å². The van der Waals surface area contributed by atoms with Crippen molar-refractivity contribution in [1.29, 1.82) is 0 Å². The van der Waals surface area contributed by atoms with Crippen molar-refractivity contribution in [1.82, 2.24) is 9.80 Å². The van der Waals surface area contributed by atoms with Gasteiger partial charge in [-0.1, -0.05) is 17.7 Å². The molecular weight excluding hydrogens is 343 g/mol. The molecule has 0 N–H and O–H groups in total. The van der Waals surface area contributed by atoms with E-state index in [1.165, 1.54) is 18.2 Å². The molecule has 0 radical (unpaired) electrons. The molecule has 126 valence electrons. The molecule has 1 atom stereocenters. The summed E-state index contributed by atoms with van der Waals surface area (Å²) < 4.78 is 37.0. The third kappa shape index (κ3) is 3.51. The minimum Gasteiger partial charge on any atom is -0.336 e. The quantitative estimate of drug-likeness (QED) is 0.800. The summed E-state index contributed by atoms with van der Waals surface area (Å²) in [5, 5.41) is 0.110. The molecule has 1 amide bonds. The number of carbonyl (C=O) groups is 1. The van der Waals surface area contributed by atoms with E-state index in [4.69, 9.17) is 11.6 Å². The topological polar surface area (TPSA) is 57.7 Å². The summed E-state index contributed by atoms with van der Waals surface area (Å²) in [6.45, 7) is 2.08. The van der Waals surface area contributed by atoms with Crippen LogP contribution in [0.1, 0.15) is 16.8 Å². The third-order valence-electron chi connectivity index (χ3n) is 4.50. The number of piperazine rings is 1. The van der Waals surface area contributed by atoms with Crippen LogP contribution in [-0.2, 0) is 9.84 Å². The summed E-state index contributed by atoms with van der Waals surface area (Å²) in [4.78, 5) is 16.1. The largest absolute Gasteiger partial charge is 0.336 e. The van der Waals surface area contributed by atoms with Crippen LogP contribution in [0.5, 0.6) is 0 Å². The highest BCUT2D eigenvalue weighted by Gasteiger charge is 2.34. The molecule has 0 spiro atoms. The normalized spacial score (nSPS) is 24.8. The molecule has 2 aliphatic rings. The Morgan fingerprint density at radius 2 is 1.91 bits per heavy atom. The summed E-state index contributed by atoms with van der Waals surface area (Å²) in [7, 11) is -2.92. The zero-order valence-electron chi connectivity index (χ0n) is 12.5. The van der Waals surface area contributed by atoms with Crippen molar-refractivity contribution in [2.45, 2.75) is 12.5 Å². The number of rotatable bonds is 2. The SMILES string of the molecule is O=C(c1c(F)cccc1Cl)N1CCN(C2CCS(=O)(=O)C2)CC1. The maximum atomic E-state index is 13.9. The second-order valence-electron chi connectivity index (χ2n) is 5.98. The first-order valence-corrected chi connectivity index (χ1v) is 9.75. The van der Waals surface area contributed by atoms with Gasteiger partial charge in [-0.3, -0.25) is 9.69 Å². The maximum Gasteiger partial charge on any atom is 0.258 e. The molecular formula is C15H18ClFN2O3S. The Bertz CT molecular complexity index is 697. The molecule has 0 saturated carbocycles. The molecule has 2 heterocycles. The van der Waals surface area contributed by atoms with Crippen molar-refractivity contribution in [3.63, 3.8) is 0 Å². The first kappa shape index (κ1) is 16.7. The van der Waals surface area contributed by atoms with E-state index < -0.39 is 21.6 Å². The second-order valence-corrected chi connectivity index (χ2v) is 8.62. The number of nitrogens with zero attached hydrogens (tertiary/aromatic N) is 2. The van der Waals surface area contributed by atoms with Crippen LogP contribution in [0.3, 0.4) is 0 Å². The van der Waals surface area contributed by atoms with Gasteiger partial charge in [-0.2, -0.15) is 0 Å². The Balaban J connectivity index is 1.64. The van der Waals surface area contributed by atoms with Gasteiger partial charge in [0.1, 0.15) is 5.82 Å². The van der Waals surface area contributed by atoms with Gasteiger partial charge in [0.05, 0.1) is 22.1 Å². The molecule has 0 aliphatic carbocycles. The Morgan fingerprint density at radius 3 is 2.48 bits per heavy atom. The Hall–Kier alpha value is -1.18. The van der Waals surface area contributed by atoms with E-state index in [9.17, 15) is 17.6 Å². The summed E-state index contributed by atoms with van der Waals surface area (Å²) in [6, 6.07) is 4.22. The summed E-state index contributed by atoms with van der Waals surface area (Å²) >= 11 is 5.94. The van der Waals surface area contributed by atoms with Crippen molar-refractivity contribution in [3.8, 4) is 0 Å². The number of benzene rings is 1. The molecule has 8 heteroatoms. The van der Waals surface area contributed by atoms with Gasteiger partial charge in [-0.25, -0.2) is 12.8 Å². The van der Waals surface area contributed by atoms with Gasteiger partial charge < -0.3 is 4.90 Å². The van der Waals surface area contributed by atoms with Crippen LogP contribution in [0, 0.1) is 5.82 Å². The lowest BCUT2D eigenvalue weighted by atomic mass is 10.1. The fourth-order valence-corrected chi connectivity index (χ4v) is 5.22. The van der Waals surface area contributed by atoms with Crippen LogP contribution < -0.4 is 0 Å². The first-order chi connectivity index (χ1) is 10.9. The molecule has 23 heavy (non-hydrogen) atoms. The van der Waals surface area contributed by atoms with Crippen LogP contribution in [0.15, 0.2) is 18.2 Å². The minimum absolute atomic E-state index is 0.0364. The van der Waals surface area contributed by atoms with Crippen molar-refractivity contribution in [2.75, 3.05) is 37.7 Å². The van der Waals surface area contributed by atoms with E-state index in [1.807, 2.05) is 0 Å². The molecule has 2 aliphatic heterocycles. The van der Waals surface area contributed by atoms with Crippen LogP contribution in [0.2, 0.25) is 5.02 Å². The van der Waals surface area contributed by atoms with Crippen molar-refractivity contribution >= 4 is 27.3 Å². The van der Waals surface area contributed by atoms with Crippen molar-refractivity contribution in [3.05, 3.63) is 34.6 Å². The monoisotopic (exact) mass is 360 g/mol. The van der Waals surface area contributed by atoms with E-state index in [0.29, 0.717) is 32.6 Å². The van der Waals surface area contributed by atoms with Gasteiger partial charge >= 0.3 is 0 Å². The Kier molecular flexibility index (Phi) is 4.62. The lowest BCUT2D eigenvalue weighted by Gasteiger charge is -2.37. The van der Waals surface area contributed by atoms with Gasteiger partial charge in [-0.05, 0) is 18.6 Å². The average Bonchev–Trinajstić information content (AvgIpc) is 2.87. The highest BCUT2D eigenvalue weighted by molar-refractivity contribution is 7.91. The lowest BCUT2D eigenvalue weighted by Crippen LogP contribution is -2.52. The van der Waals surface area contributed by atoms with E-state index in [2.05, 4.69) is 4.90 Å². The van der Waals surface area contributed by atoms with E-state index in [1.54, 1.807) is 4.90 Å². The fourth-order valence-electron chi connectivity index (χ4n) is 3.21. The molecule has 0 aromatic heterocycles. The van der Waals surface area contributed by atoms with Crippen LogP contribution in [-0.4, -0.2) is 67.9 Å². The summed E-state index contributed by atoms with van der Waals surface area (Å²) in [5.74, 6) is -0.597. The van der Waals surface area contributed by atoms with Gasteiger partial charge in [0, 0.05) is 32.2 Å². The zero-order chi connectivity index (χ0) is 16.6. The zero-order valence-corrected chi connectivity index (χ0v) is 14.1. The van der Waals surface area contributed by atoms with Gasteiger partial charge in [0.2, 0.25) is 0 Å². The van der Waals surface area contributed by atoms with Crippen LogP contribution in [0.25, 0.3) is 0 Å². The minimum atomic E-state index is -2.92. The van der Waals surface area contributed by atoms with Crippen molar-refractivity contribution < 1.29 is 17.6 Å². The molecule has 0 bridgehead atoms. The average molecular weight is 361 g/mol. The van der Waals surface area contributed by atoms with Crippen LogP contribution in [0.4, 0.5) is 4.39 Å². The molecule has 3 rings (SSSR count).